The first kappa shape index (κ1) is 37.0. The van der Waals surface area contributed by atoms with Crippen molar-refractivity contribution in [3.63, 3.8) is 0 Å². The van der Waals surface area contributed by atoms with Gasteiger partial charge in [0.15, 0.2) is 0 Å². The maximum Gasteiger partial charge on any atom is 0.216 e. The van der Waals surface area contributed by atoms with Gasteiger partial charge in [-0.2, -0.15) is 0 Å². The van der Waals surface area contributed by atoms with Gasteiger partial charge in [-0.3, -0.25) is 0 Å². The van der Waals surface area contributed by atoms with E-state index < -0.39 is 8.07 Å². The summed E-state index contributed by atoms with van der Waals surface area (Å²) in [4.78, 5) is 14.1. The van der Waals surface area contributed by atoms with Crippen LogP contribution in [0.1, 0.15) is 67.5 Å². The van der Waals surface area contributed by atoms with E-state index in [2.05, 4.69) is 144 Å². The number of hydrogen-bond acceptors (Lipinski definition) is 4. The van der Waals surface area contributed by atoms with Gasteiger partial charge in [-0.25, -0.2) is 4.98 Å². The van der Waals surface area contributed by atoms with E-state index >= 15 is 0 Å². The fourth-order valence-electron chi connectivity index (χ4n) is 6.08. The summed E-state index contributed by atoms with van der Waals surface area (Å²) in [7, 11) is -1.35. The van der Waals surface area contributed by atoms with Gasteiger partial charge in [0, 0.05) is 50.0 Å². The van der Waals surface area contributed by atoms with Crippen molar-refractivity contribution in [2.24, 2.45) is 0 Å². The van der Waals surface area contributed by atoms with Crippen molar-refractivity contribution in [1.82, 2.24) is 15.0 Å². The van der Waals surface area contributed by atoms with Crippen LogP contribution in [-0.2, 0) is 26.5 Å². The number of aryl methyl sites for hydroxylation is 1. The molecule has 0 fully saturated rings. The van der Waals surface area contributed by atoms with Gasteiger partial charge in [0.25, 0.3) is 0 Å². The summed E-state index contributed by atoms with van der Waals surface area (Å²) in [5.41, 5.74) is 11.5. The Morgan fingerprint density at radius 2 is 1.56 bits per heavy atom. The Labute approximate surface area is 311 Å². The molecule has 0 aliphatic rings. The number of benzene rings is 3. The Bertz CT molecular complexity index is 2200. The normalized spacial score (nSPS) is 11.5. The van der Waals surface area contributed by atoms with Crippen LogP contribution in [0, 0.1) is 19.1 Å². The topological polar surface area (TPSA) is 51.8 Å². The summed E-state index contributed by atoms with van der Waals surface area (Å²) in [5.74, 6) is 0.970. The summed E-state index contributed by atoms with van der Waals surface area (Å²) in [5, 5.41) is 3.54. The van der Waals surface area contributed by atoms with Crippen LogP contribution in [0.3, 0.4) is 0 Å². The molecule has 0 atom stereocenters. The van der Waals surface area contributed by atoms with Crippen LogP contribution in [-0.4, -0.2) is 23.0 Å². The van der Waals surface area contributed by atoms with Crippen molar-refractivity contribution in [3.8, 4) is 22.5 Å². The maximum atomic E-state index is 6.23. The zero-order valence-electron chi connectivity index (χ0n) is 30.3. The second-order valence-electron chi connectivity index (χ2n) is 14.5. The molecule has 6 heteroatoms. The fourth-order valence-corrected chi connectivity index (χ4v) is 7.76. The second-order valence-corrected chi connectivity index (χ2v) is 19.5. The SMILES string of the molecule is CC(C)c1ccnc(-c2[c-]ccc3c2oc2nc(Cc4ccccc4)ccc23)c1.Cc1c[c-]c(-c2cc(C(C)C)c([Si](C)(C)C)cn2)cc1.[Ir]. The molecule has 0 unspecified atom stereocenters. The first-order valence-corrected chi connectivity index (χ1v) is 20.7. The van der Waals surface area contributed by atoms with Crippen molar-refractivity contribution in [2.75, 3.05) is 0 Å². The van der Waals surface area contributed by atoms with E-state index in [-0.39, 0.29) is 20.1 Å². The van der Waals surface area contributed by atoms with Crippen LogP contribution in [0.25, 0.3) is 44.6 Å². The van der Waals surface area contributed by atoms with E-state index in [0.29, 0.717) is 17.5 Å². The molecule has 0 saturated heterocycles. The number of hydrogen-bond donors (Lipinski definition) is 0. The van der Waals surface area contributed by atoms with Gasteiger partial charge in [-0.05, 0) is 52.2 Å². The van der Waals surface area contributed by atoms with E-state index in [1.54, 1.807) is 0 Å². The van der Waals surface area contributed by atoms with Gasteiger partial charge >= 0.3 is 0 Å². The Morgan fingerprint density at radius 3 is 2.24 bits per heavy atom. The third-order valence-electron chi connectivity index (χ3n) is 8.90. The van der Waals surface area contributed by atoms with Gasteiger partial charge in [0.2, 0.25) is 5.71 Å². The molecule has 0 N–H and O–H groups in total. The number of aromatic nitrogens is 3. The Morgan fingerprint density at radius 1 is 0.780 bits per heavy atom. The molecule has 0 bridgehead atoms. The van der Waals surface area contributed by atoms with Crippen LogP contribution in [0.4, 0.5) is 0 Å². The van der Waals surface area contributed by atoms with E-state index in [9.17, 15) is 0 Å². The standard InChI is InChI=1S/C26H21N2O.C18H24NSi.Ir/c1-17(2)19-13-14-27-24(16-19)23-10-6-9-21-22-12-11-20(28-26(22)29-25(21)23)15-18-7-4-3-5-8-18;1-13(2)16-11-17(15-9-7-14(3)8-10-15)19-12-18(16)20(4,5)6;/h3-9,11-14,16-17H,15H2,1-2H3;7-9,11-13H,1-6H3;/q2*-1;. The third kappa shape index (κ3) is 8.38. The minimum atomic E-state index is -1.35. The van der Waals surface area contributed by atoms with Crippen molar-refractivity contribution in [2.45, 2.75) is 72.5 Å². The zero-order chi connectivity index (χ0) is 34.7. The first-order chi connectivity index (χ1) is 23.5. The van der Waals surface area contributed by atoms with Gasteiger partial charge in [0.1, 0.15) is 0 Å². The molecule has 4 aromatic heterocycles. The summed E-state index contributed by atoms with van der Waals surface area (Å²) in [6, 6.07) is 37.9. The van der Waals surface area contributed by atoms with Gasteiger partial charge in [0.05, 0.1) is 13.7 Å². The minimum Gasteiger partial charge on any atom is -0.486 e. The quantitative estimate of drug-likeness (QED) is 0.118. The van der Waals surface area contributed by atoms with Crippen LogP contribution in [0.5, 0.6) is 0 Å². The molecule has 257 valence electrons. The largest absolute Gasteiger partial charge is 0.486 e. The Hall–Kier alpha value is -4.22. The number of rotatable bonds is 7. The van der Waals surface area contributed by atoms with Crippen LogP contribution in [0.15, 0.2) is 108 Å². The summed E-state index contributed by atoms with van der Waals surface area (Å²) in [6.45, 7) is 18.1. The number of pyridine rings is 3. The summed E-state index contributed by atoms with van der Waals surface area (Å²) >= 11 is 0. The molecule has 0 saturated carbocycles. The fraction of sp³-hybridized carbons (Fsp3) is 0.250. The third-order valence-corrected chi connectivity index (χ3v) is 10.9. The van der Waals surface area contributed by atoms with Crippen LogP contribution in [0.2, 0.25) is 19.6 Å². The van der Waals surface area contributed by atoms with Crippen LogP contribution < -0.4 is 5.19 Å². The maximum absolute atomic E-state index is 6.23. The molecule has 0 amide bonds. The molecule has 0 spiro atoms. The summed E-state index contributed by atoms with van der Waals surface area (Å²) < 4.78 is 6.23. The van der Waals surface area contributed by atoms with Crippen molar-refractivity contribution in [3.05, 3.63) is 143 Å². The summed E-state index contributed by atoms with van der Waals surface area (Å²) in [6.07, 6.45) is 4.74. The number of fused-ring (bicyclic) bond motifs is 3. The van der Waals surface area contributed by atoms with Crippen molar-refractivity contribution >= 4 is 35.3 Å². The van der Waals surface area contributed by atoms with Crippen LogP contribution >= 0.6 is 0 Å². The van der Waals surface area contributed by atoms with Crippen molar-refractivity contribution < 1.29 is 24.5 Å². The molecule has 7 aromatic rings. The smallest absolute Gasteiger partial charge is 0.216 e. The molecule has 3 aromatic carbocycles. The monoisotopic (exact) mass is 852 g/mol. The predicted molar refractivity (Wildman–Crippen MR) is 207 cm³/mol. The molecule has 4 nitrogen and oxygen atoms in total. The van der Waals surface area contributed by atoms with Crippen molar-refractivity contribution in [1.29, 1.82) is 0 Å². The van der Waals surface area contributed by atoms with Gasteiger partial charge < -0.3 is 14.4 Å². The number of furan rings is 1. The van der Waals surface area contributed by atoms with Gasteiger partial charge in [-0.1, -0.05) is 119 Å². The Balaban J connectivity index is 0.000000204. The molecule has 0 aliphatic heterocycles. The van der Waals surface area contributed by atoms with E-state index in [4.69, 9.17) is 14.4 Å². The second kappa shape index (κ2) is 15.8. The predicted octanol–water partition coefficient (Wildman–Crippen LogP) is 11.1. The number of nitrogens with zero attached hydrogens (tertiary/aromatic N) is 3. The molecule has 4 heterocycles. The first-order valence-electron chi connectivity index (χ1n) is 17.2. The molecular weight excluding hydrogens is 807 g/mol. The molecule has 7 rings (SSSR count). The van der Waals surface area contributed by atoms with E-state index in [0.717, 1.165) is 51.0 Å². The molecule has 50 heavy (non-hydrogen) atoms. The zero-order valence-corrected chi connectivity index (χ0v) is 33.7. The molecule has 1 radical (unpaired) electrons. The molecule has 0 aliphatic carbocycles. The van der Waals surface area contributed by atoms with Gasteiger partial charge in [-0.15, -0.1) is 53.6 Å². The average Bonchev–Trinajstić information content (AvgIpc) is 3.47. The van der Waals surface area contributed by atoms with E-state index in [1.165, 1.54) is 27.4 Å². The minimum absolute atomic E-state index is 0. The average molecular weight is 852 g/mol. The molecular formula is C44H45IrN3OSi-2. The Kier molecular flexibility index (Phi) is 11.7. The van der Waals surface area contributed by atoms with E-state index in [1.807, 2.05) is 30.5 Å².